The third kappa shape index (κ3) is 2.28. The summed E-state index contributed by atoms with van der Waals surface area (Å²) in [5, 5.41) is 9.03. The van der Waals surface area contributed by atoms with Crippen LogP contribution in [0, 0.1) is 11.6 Å². The molecule has 0 saturated carbocycles. The molecule has 0 saturated heterocycles. The van der Waals surface area contributed by atoms with E-state index in [-0.39, 0.29) is 22.9 Å². The topological polar surface area (TPSA) is 33.1 Å². The van der Waals surface area contributed by atoms with Gasteiger partial charge in [0.1, 0.15) is 5.15 Å². The lowest BCUT2D eigenvalue weighted by Crippen LogP contribution is -1.93. The molecule has 0 unspecified atom stereocenters. The fourth-order valence-corrected chi connectivity index (χ4v) is 1.68. The zero-order valence-corrected chi connectivity index (χ0v) is 9.38. The van der Waals surface area contributed by atoms with Crippen LogP contribution in [0.2, 0.25) is 5.15 Å². The van der Waals surface area contributed by atoms with Crippen LogP contribution in [-0.4, -0.2) is 10.1 Å². The average molecular weight is 256 g/mol. The number of hydrogen-bond acceptors (Lipinski definition) is 2. The molecule has 2 aromatic rings. The monoisotopic (exact) mass is 255 g/mol. The minimum atomic E-state index is -0.980. The number of rotatable bonds is 2. The molecule has 88 valence electrons. The second kappa shape index (κ2) is 4.77. The van der Waals surface area contributed by atoms with E-state index < -0.39 is 11.6 Å². The molecule has 0 amide bonds. The molecule has 0 aliphatic heterocycles. The van der Waals surface area contributed by atoms with E-state index in [0.717, 1.165) is 6.07 Å². The summed E-state index contributed by atoms with van der Waals surface area (Å²) in [5.41, 5.74) is 0.765. The summed E-state index contributed by atoms with van der Waals surface area (Å²) >= 11 is 5.83. The molecule has 0 atom stereocenters. The second-order valence-corrected chi connectivity index (χ2v) is 3.80. The minimum absolute atomic E-state index is 0.0257. The van der Waals surface area contributed by atoms with Gasteiger partial charge in [-0.3, -0.25) is 0 Å². The molecule has 1 heterocycles. The molecule has 0 fully saturated rings. The Bertz CT molecular complexity index is 560. The number of aliphatic hydroxyl groups excluding tert-OH is 1. The minimum Gasteiger partial charge on any atom is -0.392 e. The van der Waals surface area contributed by atoms with Gasteiger partial charge in [-0.15, -0.1) is 0 Å². The van der Waals surface area contributed by atoms with Crippen molar-refractivity contribution in [2.24, 2.45) is 0 Å². The lowest BCUT2D eigenvalue weighted by molar-refractivity contribution is 0.281. The summed E-state index contributed by atoms with van der Waals surface area (Å²) in [6, 6.07) is 5.29. The lowest BCUT2D eigenvalue weighted by atomic mass is 10.1. The molecule has 2 nitrogen and oxygen atoms in total. The van der Waals surface area contributed by atoms with Gasteiger partial charge in [-0.1, -0.05) is 23.7 Å². The Labute approximate surface area is 102 Å². The van der Waals surface area contributed by atoms with Crippen molar-refractivity contribution in [1.82, 2.24) is 4.98 Å². The molecule has 0 aliphatic rings. The predicted octanol–water partition coefficient (Wildman–Crippen LogP) is 3.17. The van der Waals surface area contributed by atoms with Crippen LogP contribution in [0.5, 0.6) is 0 Å². The fourth-order valence-electron chi connectivity index (χ4n) is 1.48. The van der Waals surface area contributed by atoms with Gasteiger partial charge in [0.2, 0.25) is 0 Å². The van der Waals surface area contributed by atoms with Gasteiger partial charge in [-0.2, -0.15) is 0 Å². The lowest BCUT2D eigenvalue weighted by Gasteiger charge is -2.07. The first-order chi connectivity index (χ1) is 8.13. The van der Waals surface area contributed by atoms with Gasteiger partial charge in [0.05, 0.1) is 6.61 Å². The zero-order chi connectivity index (χ0) is 12.4. The summed E-state index contributed by atoms with van der Waals surface area (Å²) in [4.78, 5) is 3.81. The standard InChI is InChI=1S/C12H8ClF2NO/c13-12-9(4-7(6-17)5-16-12)8-2-1-3-10(14)11(8)15/h1-5,17H,6H2. The van der Waals surface area contributed by atoms with Crippen LogP contribution < -0.4 is 0 Å². The smallest absolute Gasteiger partial charge is 0.166 e. The molecule has 1 aromatic carbocycles. The van der Waals surface area contributed by atoms with E-state index in [1.165, 1.54) is 24.4 Å². The van der Waals surface area contributed by atoms with E-state index in [1.54, 1.807) is 0 Å². The molecule has 0 bridgehead atoms. The fraction of sp³-hybridized carbons (Fsp3) is 0.0833. The molecule has 17 heavy (non-hydrogen) atoms. The van der Waals surface area contributed by atoms with Crippen molar-refractivity contribution >= 4 is 11.6 Å². The third-order valence-corrected chi connectivity index (χ3v) is 2.62. The van der Waals surface area contributed by atoms with Crippen LogP contribution in [0.4, 0.5) is 8.78 Å². The molecular weight excluding hydrogens is 248 g/mol. The molecule has 1 aromatic heterocycles. The number of hydrogen-bond donors (Lipinski definition) is 1. The summed E-state index contributed by atoms with van der Waals surface area (Å²) < 4.78 is 26.7. The highest BCUT2D eigenvalue weighted by molar-refractivity contribution is 6.32. The van der Waals surface area contributed by atoms with Gasteiger partial charge in [0, 0.05) is 17.3 Å². The Morgan fingerprint density at radius 3 is 2.71 bits per heavy atom. The van der Waals surface area contributed by atoms with Crippen molar-refractivity contribution in [2.45, 2.75) is 6.61 Å². The van der Waals surface area contributed by atoms with Crippen LogP contribution >= 0.6 is 11.6 Å². The first kappa shape index (κ1) is 12.0. The molecule has 0 aliphatic carbocycles. The average Bonchev–Trinajstić information content (AvgIpc) is 2.34. The zero-order valence-electron chi connectivity index (χ0n) is 8.62. The quantitative estimate of drug-likeness (QED) is 0.836. The number of halogens is 3. The van der Waals surface area contributed by atoms with Crippen LogP contribution in [-0.2, 0) is 6.61 Å². The number of aliphatic hydroxyl groups is 1. The third-order valence-electron chi connectivity index (χ3n) is 2.32. The summed E-state index contributed by atoms with van der Waals surface area (Å²) in [6.45, 7) is -0.242. The van der Waals surface area contributed by atoms with Crippen molar-refractivity contribution in [3.63, 3.8) is 0 Å². The molecule has 2 rings (SSSR count). The Morgan fingerprint density at radius 2 is 2.00 bits per heavy atom. The maximum Gasteiger partial charge on any atom is 0.166 e. The predicted molar refractivity (Wildman–Crippen MR) is 60.5 cm³/mol. The van der Waals surface area contributed by atoms with Crippen molar-refractivity contribution < 1.29 is 13.9 Å². The normalized spacial score (nSPS) is 10.6. The van der Waals surface area contributed by atoms with E-state index in [1.807, 2.05) is 0 Å². The highest BCUT2D eigenvalue weighted by Crippen LogP contribution is 2.30. The van der Waals surface area contributed by atoms with Crippen molar-refractivity contribution in [3.8, 4) is 11.1 Å². The van der Waals surface area contributed by atoms with Crippen LogP contribution in [0.1, 0.15) is 5.56 Å². The number of benzene rings is 1. The maximum absolute atomic E-state index is 13.6. The highest BCUT2D eigenvalue weighted by atomic mass is 35.5. The summed E-state index contributed by atoms with van der Waals surface area (Å²) in [5.74, 6) is -1.93. The molecule has 0 radical (unpaired) electrons. The highest BCUT2D eigenvalue weighted by Gasteiger charge is 2.13. The second-order valence-electron chi connectivity index (χ2n) is 3.44. The van der Waals surface area contributed by atoms with Crippen molar-refractivity contribution in [1.29, 1.82) is 0 Å². The van der Waals surface area contributed by atoms with Gasteiger partial charge in [-0.25, -0.2) is 13.8 Å². The van der Waals surface area contributed by atoms with E-state index in [0.29, 0.717) is 5.56 Å². The molecule has 1 N–H and O–H groups in total. The van der Waals surface area contributed by atoms with Crippen LogP contribution in [0.15, 0.2) is 30.5 Å². The number of pyridine rings is 1. The van der Waals surface area contributed by atoms with Gasteiger partial charge in [0.25, 0.3) is 0 Å². The molecule has 5 heteroatoms. The van der Waals surface area contributed by atoms with E-state index in [4.69, 9.17) is 16.7 Å². The van der Waals surface area contributed by atoms with Crippen LogP contribution in [0.3, 0.4) is 0 Å². The van der Waals surface area contributed by atoms with E-state index >= 15 is 0 Å². The van der Waals surface area contributed by atoms with Crippen LogP contribution in [0.25, 0.3) is 11.1 Å². The van der Waals surface area contributed by atoms with Gasteiger partial charge in [-0.05, 0) is 17.7 Å². The van der Waals surface area contributed by atoms with Gasteiger partial charge >= 0.3 is 0 Å². The molecule has 0 spiro atoms. The first-order valence-electron chi connectivity index (χ1n) is 4.83. The maximum atomic E-state index is 13.6. The SMILES string of the molecule is OCc1cnc(Cl)c(-c2cccc(F)c2F)c1. The van der Waals surface area contributed by atoms with Crippen molar-refractivity contribution in [2.75, 3.05) is 0 Å². The number of aromatic nitrogens is 1. The number of nitrogens with zero attached hydrogens (tertiary/aromatic N) is 1. The van der Waals surface area contributed by atoms with E-state index in [9.17, 15) is 8.78 Å². The first-order valence-corrected chi connectivity index (χ1v) is 5.21. The van der Waals surface area contributed by atoms with Gasteiger partial charge < -0.3 is 5.11 Å². The Morgan fingerprint density at radius 1 is 1.24 bits per heavy atom. The Hall–Kier alpha value is -1.52. The van der Waals surface area contributed by atoms with Gasteiger partial charge in [0.15, 0.2) is 11.6 Å². The largest absolute Gasteiger partial charge is 0.392 e. The van der Waals surface area contributed by atoms with E-state index in [2.05, 4.69) is 4.98 Å². The van der Waals surface area contributed by atoms with Crippen molar-refractivity contribution in [3.05, 3.63) is 52.8 Å². The summed E-state index contributed by atoms with van der Waals surface area (Å²) in [7, 11) is 0. The Kier molecular flexibility index (Phi) is 3.36. The molecular formula is C12H8ClF2NO. The Balaban J connectivity index is 2.63. The summed E-state index contributed by atoms with van der Waals surface area (Å²) in [6.07, 6.45) is 1.38.